The summed E-state index contributed by atoms with van der Waals surface area (Å²) >= 11 is 0. The number of nitrogens with zero attached hydrogens (tertiary/aromatic N) is 1. The number of rotatable bonds is 5. The fourth-order valence-corrected chi connectivity index (χ4v) is 3.25. The summed E-state index contributed by atoms with van der Waals surface area (Å²) in [5, 5.41) is 8.92. The first-order valence-corrected chi connectivity index (χ1v) is 7.48. The quantitative estimate of drug-likeness (QED) is 0.848. The van der Waals surface area contributed by atoms with Crippen molar-refractivity contribution in [3.05, 3.63) is 29.8 Å². The molecule has 1 saturated heterocycles. The molecule has 2 atom stereocenters. The first kappa shape index (κ1) is 14.2. The lowest BCUT2D eigenvalue weighted by Gasteiger charge is -2.14. The van der Waals surface area contributed by atoms with Crippen LogP contribution in [0.25, 0.3) is 0 Å². The lowest BCUT2D eigenvalue weighted by molar-refractivity contribution is 0.0696. The van der Waals surface area contributed by atoms with Crippen LogP contribution in [0.1, 0.15) is 23.7 Å². The molecule has 1 fully saturated rings. The fraction of sp³-hybridized carbons (Fsp3) is 0.462. The Balaban J connectivity index is 2.00. The highest BCUT2D eigenvalue weighted by molar-refractivity contribution is 7.83. The van der Waals surface area contributed by atoms with E-state index in [-0.39, 0.29) is 11.6 Å². The first-order chi connectivity index (χ1) is 9.10. The second-order valence-electron chi connectivity index (χ2n) is 4.60. The summed E-state index contributed by atoms with van der Waals surface area (Å²) in [4.78, 5) is 13.7. The average Bonchev–Trinajstić information content (AvgIpc) is 2.86. The van der Waals surface area contributed by atoms with Crippen molar-refractivity contribution in [2.24, 2.45) is 0 Å². The Morgan fingerprint density at radius 2 is 2.37 bits per heavy atom. The summed E-state index contributed by atoms with van der Waals surface area (Å²) < 4.78 is 15.2. The van der Waals surface area contributed by atoms with Crippen molar-refractivity contribution in [3.63, 3.8) is 0 Å². The number of likely N-dealkylation sites (N-methyl/N-ethyl adjacent to an activating group) is 1. The number of likely N-dealkylation sites (tertiary alicyclic amines) is 1. The molecule has 5 nitrogen and oxygen atoms in total. The van der Waals surface area contributed by atoms with Crippen molar-refractivity contribution < 1.29 is 14.1 Å². The molecule has 1 aliphatic rings. The van der Waals surface area contributed by atoms with Gasteiger partial charge in [-0.1, -0.05) is 13.0 Å². The van der Waals surface area contributed by atoms with E-state index in [9.17, 15) is 9.00 Å². The van der Waals surface area contributed by atoms with Gasteiger partial charge in [0.15, 0.2) is 0 Å². The van der Waals surface area contributed by atoms with Gasteiger partial charge in [0.1, 0.15) is 11.0 Å². The van der Waals surface area contributed by atoms with E-state index in [4.69, 9.17) is 5.11 Å². The summed E-state index contributed by atoms with van der Waals surface area (Å²) in [7, 11) is -1.36. The Labute approximate surface area is 115 Å². The number of hydrogen-bond donors (Lipinski definition) is 2. The third-order valence-electron chi connectivity index (χ3n) is 3.29. The predicted octanol–water partition coefficient (Wildman–Crippen LogP) is 1.09. The number of benzene rings is 1. The Hall–Kier alpha value is -1.24. The normalized spacial score (nSPS) is 21.4. The number of carbonyl (C=O) groups is 1. The molecule has 2 unspecified atom stereocenters. The van der Waals surface area contributed by atoms with Gasteiger partial charge in [-0.25, -0.2) is 13.7 Å². The Bertz CT molecular complexity index is 493. The molecule has 0 amide bonds. The van der Waals surface area contributed by atoms with Crippen LogP contribution in [0.15, 0.2) is 29.2 Å². The van der Waals surface area contributed by atoms with Crippen LogP contribution in [0.5, 0.6) is 0 Å². The summed E-state index contributed by atoms with van der Waals surface area (Å²) in [5.74, 6) is -1.00. The number of hydrogen-bond acceptors (Lipinski definition) is 3. The molecule has 1 heterocycles. The zero-order valence-electron chi connectivity index (χ0n) is 10.8. The van der Waals surface area contributed by atoms with Crippen LogP contribution in [0, 0.1) is 0 Å². The summed E-state index contributed by atoms with van der Waals surface area (Å²) in [6, 6.07) is 6.46. The zero-order valence-corrected chi connectivity index (χ0v) is 11.7. The number of aromatic carboxylic acids is 1. The zero-order chi connectivity index (χ0) is 13.8. The van der Waals surface area contributed by atoms with Crippen molar-refractivity contribution in [1.82, 2.24) is 9.62 Å². The van der Waals surface area contributed by atoms with E-state index < -0.39 is 17.0 Å². The maximum Gasteiger partial charge on any atom is 0.335 e. The fourth-order valence-electron chi connectivity index (χ4n) is 2.18. The summed E-state index contributed by atoms with van der Waals surface area (Å²) in [5.41, 5.74) is 0.161. The molecule has 1 aromatic rings. The van der Waals surface area contributed by atoms with Crippen molar-refractivity contribution >= 4 is 17.0 Å². The standard InChI is InChI=1S/C13H18N2O3S/c1-2-15-7-6-11(9-15)14-19(18)12-5-3-4-10(8-12)13(16)17/h3-5,8,11,14H,2,6-7,9H2,1H3,(H,16,17). The minimum absolute atomic E-state index is 0.161. The molecule has 0 spiro atoms. The molecule has 104 valence electrons. The molecule has 2 N–H and O–H groups in total. The van der Waals surface area contributed by atoms with E-state index in [0.29, 0.717) is 4.90 Å². The number of nitrogens with one attached hydrogen (secondary N) is 1. The molecule has 19 heavy (non-hydrogen) atoms. The number of carboxylic acid groups (broad SMARTS) is 1. The first-order valence-electron chi connectivity index (χ1n) is 6.33. The van der Waals surface area contributed by atoms with E-state index in [0.717, 1.165) is 26.1 Å². The highest BCUT2D eigenvalue weighted by atomic mass is 32.2. The van der Waals surface area contributed by atoms with E-state index in [1.165, 1.54) is 12.1 Å². The van der Waals surface area contributed by atoms with Crippen LogP contribution in [0.3, 0.4) is 0 Å². The van der Waals surface area contributed by atoms with E-state index in [1.807, 2.05) is 0 Å². The smallest absolute Gasteiger partial charge is 0.335 e. The molecular formula is C13H18N2O3S. The monoisotopic (exact) mass is 282 g/mol. The van der Waals surface area contributed by atoms with E-state index in [2.05, 4.69) is 16.5 Å². The Morgan fingerprint density at radius 1 is 1.58 bits per heavy atom. The minimum atomic E-state index is -1.36. The molecule has 0 saturated carbocycles. The molecule has 1 aliphatic heterocycles. The molecule has 0 aliphatic carbocycles. The molecule has 0 radical (unpaired) electrons. The van der Waals surface area contributed by atoms with Crippen LogP contribution in [-0.2, 0) is 11.0 Å². The second-order valence-corrected chi connectivity index (χ2v) is 5.84. The molecule has 0 bridgehead atoms. The Morgan fingerprint density at radius 3 is 3.00 bits per heavy atom. The molecule has 2 rings (SSSR count). The van der Waals surface area contributed by atoms with Crippen LogP contribution in [0.4, 0.5) is 0 Å². The summed E-state index contributed by atoms with van der Waals surface area (Å²) in [6.07, 6.45) is 0.970. The van der Waals surface area contributed by atoms with Gasteiger partial charge in [-0.05, 0) is 37.7 Å². The topological polar surface area (TPSA) is 69.6 Å². The van der Waals surface area contributed by atoms with Gasteiger partial charge in [-0.2, -0.15) is 0 Å². The lowest BCUT2D eigenvalue weighted by Crippen LogP contribution is -2.33. The van der Waals surface area contributed by atoms with Gasteiger partial charge in [0.25, 0.3) is 0 Å². The third-order valence-corrected chi connectivity index (χ3v) is 4.52. The van der Waals surface area contributed by atoms with Gasteiger partial charge in [0, 0.05) is 12.6 Å². The van der Waals surface area contributed by atoms with Gasteiger partial charge in [-0.15, -0.1) is 0 Å². The Kier molecular flexibility index (Phi) is 4.68. The van der Waals surface area contributed by atoms with E-state index >= 15 is 0 Å². The molecule has 1 aromatic carbocycles. The van der Waals surface area contributed by atoms with E-state index in [1.54, 1.807) is 12.1 Å². The van der Waals surface area contributed by atoms with Gasteiger partial charge in [0.05, 0.1) is 10.5 Å². The van der Waals surface area contributed by atoms with Crippen LogP contribution >= 0.6 is 0 Å². The van der Waals surface area contributed by atoms with Crippen LogP contribution < -0.4 is 4.72 Å². The van der Waals surface area contributed by atoms with Crippen molar-refractivity contribution in [3.8, 4) is 0 Å². The molecular weight excluding hydrogens is 264 g/mol. The summed E-state index contributed by atoms with van der Waals surface area (Å²) in [6.45, 7) is 5.01. The lowest BCUT2D eigenvalue weighted by atomic mass is 10.2. The SMILES string of the molecule is CCN1CCC(NS(=O)c2cccc(C(=O)O)c2)C1. The molecule has 6 heteroatoms. The van der Waals surface area contributed by atoms with Crippen LogP contribution in [-0.4, -0.2) is 45.9 Å². The van der Waals surface area contributed by atoms with Crippen molar-refractivity contribution in [1.29, 1.82) is 0 Å². The second kappa shape index (κ2) is 6.27. The van der Waals surface area contributed by atoms with Crippen molar-refractivity contribution in [2.75, 3.05) is 19.6 Å². The largest absolute Gasteiger partial charge is 0.478 e. The maximum absolute atomic E-state index is 12.2. The highest BCUT2D eigenvalue weighted by Gasteiger charge is 2.22. The van der Waals surface area contributed by atoms with Gasteiger partial charge in [-0.3, -0.25) is 0 Å². The number of carboxylic acids is 1. The predicted molar refractivity (Wildman–Crippen MR) is 73.5 cm³/mol. The van der Waals surface area contributed by atoms with Crippen molar-refractivity contribution in [2.45, 2.75) is 24.3 Å². The highest BCUT2D eigenvalue weighted by Crippen LogP contribution is 2.13. The minimum Gasteiger partial charge on any atom is -0.478 e. The molecule has 0 aromatic heterocycles. The maximum atomic E-state index is 12.2. The van der Waals surface area contributed by atoms with Gasteiger partial charge >= 0.3 is 5.97 Å². The van der Waals surface area contributed by atoms with Gasteiger partial charge in [0.2, 0.25) is 0 Å². The third kappa shape index (κ3) is 3.62. The van der Waals surface area contributed by atoms with Crippen LogP contribution in [0.2, 0.25) is 0 Å². The average molecular weight is 282 g/mol. The van der Waals surface area contributed by atoms with Gasteiger partial charge < -0.3 is 10.0 Å².